The third-order valence-corrected chi connectivity index (χ3v) is 4.30. The van der Waals surface area contributed by atoms with Gasteiger partial charge >= 0.3 is 0 Å². The zero-order chi connectivity index (χ0) is 13.5. The maximum Gasteiger partial charge on any atom is 0.265 e. The third-order valence-electron chi connectivity index (χ3n) is 2.82. The maximum absolute atomic E-state index is 13.8. The minimum absolute atomic E-state index is 0.160. The van der Waals surface area contributed by atoms with Gasteiger partial charge in [0, 0.05) is 17.5 Å². The van der Waals surface area contributed by atoms with E-state index in [0.29, 0.717) is 16.2 Å². The SMILES string of the molecule is CSc1ccc(C2=NN(C)C(=O)C2(C)Br)cc1F. The largest absolute Gasteiger partial charge is 0.271 e. The first-order valence-corrected chi connectivity index (χ1v) is 7.29. The normalized spacial score (nSPS) is 23.5. The van der Waals surface area contributed by atoms with Crippen molar-refractivity contribution >= 4 is 39.3 Å². The van der Waals surface area contributed by atoms with Crippen molar-refractivity contribution in [1.29, 1.82) is 0 Å². The van der Waals surface area contributed by atoms with Crippen LogP contribution in [0.3, 0.4) is 0 Å². The summed E-state index contributed by atoms with van der Waals surface area (Å²) in [5.74, 6) is -0.458. The summed E-state index contributed by atoms with van der Waals surface area (Å²) in [6.07, 6.45) is 1.82. The van der Waals surface area contributed by atoms with Gasteiger partial charge in [-0.2, -0.15) is 5.10 Å². The molecule has 1 unspecified atom stereocenters. The van der Waals surface area contributed by atoms with E-state index in [-0.39, 0.29) is 11.7 Å². The van der Waals surface area contributed by atoms with Gasteiger partial charge in [-0.05, 0) is 25.3 Å². The Hall–Kier alpha value is -0.880. The highest BCUT2D eigenvalue weighted by Crippen LogP contribution is 2.32. The Kier molecular flexibility index (Phi) is 3.51. The van der Waals surface area contributed by atoms with Gasteiger partial charge in [0.1, 0.15) is 10.1 Å². The molecule has 1 amide bonds. The van der Waals surface area contributed by atoms with Gasteiger partial charge < -0.3 is 0 Å². The van der Waals surface area contributed by atoms with Crippen molar-refractivity contribution in [3.63, 3.8) is 0 Å². The highest BCUT2D eigenvalue weighted by atomic mass is 79.9. The first-order valence-electron chi connectivity index (χ1n) is 5.28. The van der Waals surface area contributed by atoms with Crippen molar-refractivity contribution in [3.05, 3.63) is 29.6 Å². The van der Waals surface area contributed by atoms with E-state index in [1.807, 2.05) is 6.26 Å². The lowest BCUT2D eigenvalue weighted by atomic mass is 9.98. The number of thioether (sulfide) groups is 1. The van der Waals surface area contributed by atoms with E-state index in [4.69, 9.17) is 0 Å². The number of nitrogens with zero attached hydrogens (tertiary/aromatic N) is 2. The summed E-state index contributed by atoms with van der Waals surface area (Å²) in [5, 5.41) is 5.44. The van der Waals surface area contributed by atoms with E-state index < -0.39 is 4.32 Å². The Morgan fingerprint density at radius 3 is 2.61 bits per heavy atom. The minimum atomic E-state index is -0.894. The van der Waals surface area contributed by atoms with E-state index in [2.05, 4.69) is 21.0 Å². The second kappa shape index (κ2) is 4.66. The van der Waals surface area contributed by atoms with Crippen molar-refractivity contribution in [3.8, 4) is 0 Å². The Bertz CT molecular complexity index is 545. The summed E-state index contributed by atoms with van der Waals surface area (Å²) in [4.78, 5) is 12.5. The number of hydrogen-bond donors (Lipinski definition) is 0. The standard InChI is InChI=1S/C12H12BrFN2OS/c1-12(13)10(15-16(2)11(12)17)7-4-5-9(18-3)8(14)6-7/h4-6H,1-3H3. The summed E-state index contributed by atoms with van der Waals surface area (Å²) in [6.45, 7) is 1.72. The predicted molar refractivity (Wildman–Crippen MR) is 74.8 cm³/mol. The molecule has 0 saturated carbocycles. The summed E-state index contributed by atoms with van der Waals surface area (Å²) >= 11 is 4.71. The molecule has 0 fully saturated rings. The van der Waals surface area contributed by atoms with Crippen molar-refractivity contribution < 1.29 is 9.18 Å². The minimum Gasteiger partial charge on any atom is -0.271 e. The zero-order valence-electron chi connectivity index (χ0n) is 10.2. The zero-order valence-corrected chi connectivity index (χ0v) is 12.6. The number of alkyl halides is 1. The summed E-state index contributed by atoms with van der Waals surface area (Å²) in [7, 11) is 1.58. The van der Waals surface area contributed by atoms with Crippen molar-refractivity contribution in [2.45, 2.75) is 16.1 Å². The molecule has 0 bridgehead atoms. The molecular weight excluding hydrogens is 319 g/mol. The molecule has 0 radical (unpaired) electrons. The van der Waals surface area contributed by atoms with Crippen molar-refractivity contribution in [1.82, 2.24) is 5.01 Å². The molecule has 1 heterocycles. The highest BCUT2D eigenvalue weighted by Gasteiger charge is 2.44. The number of carbonyl (C=O) groups excluding carboxylic acids is 1. The lowest BCUT2D eigenvalue weighted by Crippen LogP contribution is -2.37. The van der Waals surface area contributed by atoms with Gasteiger partial charge in [-0.15, -0.1) is 11.8 Å². The predicted octanol–water partition coefficient (Wildman–Crippen LogP) is 2.88. The van der Waals surface area contributed by atoms with Crippen LogP contribution in [0.1, 0.15) is 12.5 Å². The maximum atomic E-state index is 13.8. The number of rotatable bonds is 2. The van der Waals surface area contributed by atoms with Gasteiger partial charge in [-0.25, -0.2) is 9.40 Å². The monoisotopic (exact) mass is 330 g/mol. The fourth-order valence-corrected chi connectivity index (χ4v) is 2.86. The van der Waals surface area contributed by atoms with Crippen LogP contribution in [0.15, 0.2) is 28.2 Å². The Labute approximate surface area is 118 Å². The Balaban J connectivity index is 2.47. The fraction of sp³-hybridized carbons (Fsp3) is 0.333. The van der Waals surface area contributed by atoms with E-state index in [1.54, 1.807) is 26.1 Å². The second-order valence-corrected chi connectivity index (χ2v) is 6.56. The van der Waals surface area contributed by atoms with Crippen molar-refractivity contribution in [2.75, 3.05) is 13.3 Å². The molecule has 0 N–H and O–H groups in total. The van der Waals surface area contributed by atoms with Crippen LogP contribution in [0.25, 0.3) is 0 Å². The van der Waals surface area contributed by atoms with Gasteiger partial charge in [0.2, 0.25) is 0 Å². The third kappa shape index (κ3) is 2.07. The van der Waals surface area contributed by atoms with E-state index in [9.17, 15) is 9.18 Å². The number of hydrazone groups is 1. The first kappa shape index (κ1) is 13.5. The average molecular weight is 331 g/mol. The van der Waals surface area contributed by atoms with E-state index >= 15 is 0 Å². The smallest absolute Gasteiger partial charge is 0.265 e. The van der Waals surface area contributed by atoms with Gasteiger partial charge in [-0.1, -0.05) is 22.0 Å². The molecule has 1 aromatic carbocycles. The molecular formula is C12H12BrFN2OS. The van der Waals surface area contributed by atoms with Crippen LogP contribution in [-0.4, -0.2) is 34.3 Å². The molecule has 96 valence electrons. The number of hydrogen-bond acceptors (Lipinski definition) is 3. The van der Waals surface area contributed by atoms with Crippen LogP contribution in [0, 0.1) is 5.82 Å². The molecule has 18 heavy (non-hydrogen) atoms. The van der Waals surface area contributed by atoms with Crippen molar-refractivity contribution in [2.24, 2.45) is 5.10 Å². The topological polar surface area (TPSA) is 32.7 Å². The van der Waals surface area contributed by atoms with Crippen LogP contribution < -0.4 is 0 Å². The van der Waals surface area contributed by atoms with Crippen LogP contribution in [0.4, 0.5) is 4.39 Å². The molecule has 0 spiro atoms. The van der Waals surface area contributed by atoms with Gasteiger partial charge in [0.15, 0.2) is 0 Å². The van der Waals surface area contributed by atoms with E-state index in [1.165, 1.54) is 22.8 Å². The first-order chi connectivity index (χ1) is 8.37. The number of benzene rings is 1. The van der Waals surface area contributed by atoms with Crippen LogP contribution >= 0.6 is 27.7 Å². The van der Waals surface area contributed by atoms with E-state index in [0.717, 1.165) is 0 Å². The van der Waals surface area contributed by atoms with Gasteiger partial charge in [0.05, 0.1) is 5.71 Å². The molecule has 1 aromatic rings. The lowest BCUT2D eigenvalue weighted by molar-refractivity contribution is -0.128. The average Bonchev–Trinajstić information content (AvgIpc) is 2.53. The molecule has 6 heteroatoms. The molecule has 2 rings (SSSR count). The molecule has 0 aliphatic carbocycles. The lowest BCUT2D eigenvalue weighted by Gasteiger charge is -2.16. The molecule has 0 saturated heterocycles. The highest BCUT2D eigenvalue weighted by molar-refractivity contribution is 9.10. The summed E-state index contributed by atoms with van der Waals surface area (Å²) in [5.41, 5.74) is 1.14. The van der Waals surface area contributed by atoms with Gasteiger partial charge in [-0.3, -0.25) is 4.79 Å². The number of amides is 1. The molecule has 1 atom stereocenters. The molecule has 1 aliphatic rings. The number of carbonyl (C=O) groups is 1. The summed E-state index contributed by atoms with van der Waals surface area (Å²) < 4.78 is 12.9. The fourth-order valence-electron chi connectivity index (χ4n) is 1.84. The summed E-state index contributed by atoms with van der Waals surface area (Å²) in [6, 6.07) is 4.89. The molecule has 0 aromatic heterocycles. The second-order valence-electron chi connectivity index (χ2n) is 4.13. The van der Waals surface area contributed by atoms with Gasteiger partial charge in [0.25, 0.3) is 5.91 Å². The number of halogens is 2. The Morgan fingerprint density at radius 2 is 2.17 bits per heavy atom. The quantitative estimate of drug-likeness (QED) is 0.617. The molecule has 3 nitrogen and oxygen atoms in total. The van der Waals surface area contributed by atoms with Crippen LogP contribution in [0.5, 0.6) is 0 Å². The van der Waals surface area contributed by atoms with Crippen LogP contribution in [-0.2, 0) is 4.79 Å². The van der Waals surface area contributed by atoms with Crippen LogP contribution in [0.2, 0.25) is 0 Å². The molecule has 1 aliphatic heterocycles. The Morgan fingerprint density at radius 1 is 1.50 bits per heavy atom.